The Morgan fingerprint density at radius 1 is 1.10 bits per heavy atom. The van der Waals surface area contributed by atoms with Gasteiger partial charge in [-0.25, -0.2) is 0 Å². The van der Waals surface area contributed by atoms with Crippen LogP contribution >= 0.6 is 24.0 Å². The molecule has 2 bridgehead atoms. The number of aliphatic imine (C=N–C) groups is 1. The van der Waals surface area contributed by atoms with Gasteiger partial charge < -0.3 is 14.8 Å². The SMILES string of the molecule is CN=C(NCC1CCc2nnc(C)n2C1)N1CCN(C2CC3CCC2C3)CC1.I. The monoisotopic (exact) mass is 513 g/mol. The molecule has 1 saturated heterocycles. The normalized spacial score (nSPS) is 32.2. The number of piperazine rings is 1. The van der Waals surface area contributed by atoms with Crippen LogP contribution in [0.25, 0.3) is 0 Å². The lowest BCUT2D eigenvalue weighted by Crippen LogP contribution is -2.56. The Hall–Kier alpha value is -0.900. The van der Waals surface area contributed by atoms with Gasteiger partial charge in [0.2, 0.25) is 0 Å². The Labute approximate surface area is 191 Å². The van der Waals surface area contributed by atoms with Crippen molar-refractivity contribution in [1.82, 2.24) is 29.9 Å². The summed E-state index contributed by atoms with van der Waals surface area (Å²) >= 11 is 0. The number of nitrogens with one attached hydrogen (secondary N) is 1. The van der Waals surface area contributed by atoms with Crippen molar-refractivity contribution in [2.24, 2.45) is 22.7 Å². The van der Waals surface area contributed by atoms with E-state index in [1.54, 1.807) is 0 Å². The van der Waals surface area contributed by atoms with E-state index >= 15 is 0 Å². The quantitative estimate of drug-likeness (QED) is 0.382. The third-order valence-corrected chi connectivity index (χ3v) is 7.77. The van der Waals surface area contributed by atoms with E-state index in [0.717, 1.165) is 68.1 Å². The highest BCUT2D eigenvalue weighted by atomic mass is 127. The third kappa shape index (κ3) is 4.29. The fourth-order valence-electron chi connectivity index (χ4n) is 6.19. The maximum atomic E-state index is 4.59. The maximum absolute atomic E-state index is 4.59. The molecule has 2 aliphatic heterocycles. The topological polar surface area (TPSA) is 61.6 Å². The molecule has 4 aliphatic rings. The highest BCUT2D eigenvalue weighted by molar-refractivity contribution is 14.0. The lowest BCUT2D eigenvalue weighted by atomic mass is 9.93. The summed E-state index contributed by atoms with van der Waals surface area (Å²) in [5, 5.41) is 12.2. The van der Waals surface area contributed by atoms with Crippen LogP contribution in [0.15, 0.2) is 4.99 Å². The molecule has 29 heavy (non-hydrogen) atoms. The van der Waals surface area contributed by atoms with Crippen LogP contribution in [0.1, 0.15) is 43.8 Å². The van der Waals surface area contributed by atoms with E-state index in [4.69, 9.17) is 0 Å². The first-order chi connectivity index (χ1) is 13.7. The molecule has 7 nitrogen and oxygen atoms in total. The van der Waals surface area contributed by atoms with Gasteiger partial charge in [0.05, 0.1) is 0 Å². The van der Waals surface area contributed by atoms with Gasteiger partial charge in [0.25, 0.3) is 0 Å². The van der Waals surface area contributed by atoms with Crippen molar-refractivity contribution < 1.29 is 0 Å². The van der Waals surface area contributed by atoms with Crippen molar-refractivity contribution in [2.45, 2.75) is 58.0 Å². The van der Waals surface area contributed by atoms with E-state index in [0.29, 0.717) is 5.92 Å². The molecule has 0 spiro atoms. The summed E-state index contributed by atoms with van der Waals surface area (Å²) in [5.41, 5.74) is 0. The van der Waals surface area contributed by atoms with E-state index in [-0.39, 0.29) is 24.0 Å². The molecule has 0 aromatic carbocycles. The molecule has 5 rings (SSSR count). The number of fused-ring (bicyclic) bond motifs is 3. The largest absolute Gasteiger partial charge is 0.356 e. The van der Waals surface area contributed by atoms with Crippen molar-refractivity contribution in [1.29, 1.82) is 0 Å². The van der Waals surface area contributed by atoms with Crippen molar-refractivity contribution in [3.63, 3.8) is 0 Å². The first-order valence-electron chi connectivity index (χ1n) is 11.3. The summed E-state index contributed by atoms with van der Waals surface area (Å²) in [6, 6.07) is 0.874. The Morgan fingerprint density at radius 2 is 1.93 bits per heavy atom. The number of rotatable bonds is 3. The number of aromatic nitrogens is 3. The second kappa shape index (κ2) is 9.08. The predicted octanol–water partition coefficient (Wildman–Crippen LogP) is 2.15. The fourth-order valence-corrected chi connectivity index (χ4v) is 6.19. The average Bonchev–Trinajstić information content (AvgIpc) is 3.45. The molecule has 4 unspecified atom stereocenters. The number of aryl methyl sites for hydroxylation is 2. The predicted molar refractivity (Wildman–Crippen MR) is 126 cm³/mol. The smallest absolute Gasteiger partial charge is 0.193 e. The van der Waals surface area contributed by atoms with Gasteiger partial charge in [-0.3, -0.25) is 9.89 Å². The van der Waals surface area contributed by atoms with Crippen molar-refractivity contribution in [3.8, 4) is 0 Å². The average molecular weight is 513 g/mol. The minimum absolute atomic E-state index is 0. The van der Waals surface area contributed by atoms with Crippen LogP contribution in [0, 0.1) is 24.7 Å². The highest BCUT2D eigenvalue weighted by Crippen LogP contribution is 2.46. The van der Waals surface area contributed by atoms with Crippen LogP contribution in [-0.2, 0) is 13.0 Å². The van der Waals surface area contributed by atoms with E-state index in [1.807, 2.05) is 7.05 Å². The zero-order valence-electron chi connectivity index (χ0n) is 17.9. The van der Waals surface area contributed by atoms with E-state index < -0.39 is 0 Å². The van der Waals surface area contributed by atoms with Crippen LogP contribution in [0.5, 0.6) is 0 Å². The van der Waals surface area contributed by atoms with Crippen LogP contribution in [-0.4, -0.2) is 76.3 Å². The summed E-state index contributed by atoms with van der Waals surface area (Å²) in [6.45, 7) is 8.66. The molecule has 3 heterocycles. The van der Waals surface area contributed by atoms with Gasteiger partial charge in [0, 0.05) is 58.8 Å². The molecular formula is C21H36IN7. The molecule has 8 heteroatoms. The van der Waals surface area contributed by atoms with Crippen molar-refractivity contribution in [2.75, 3.05) is 39.8 Å². The summed E-state index contributed by atoms with van der Waals surface area (Å²) in [4.78, 5) is 9.83. The van der Waals surface area contributed by atoms with E-state index in [9.17, 15) is 0 Å². The minimum atomic E-state index is 0. The molecular weight excluding hydrogens is 477 g/mol. The summed E-state index contributed by atoms with van der Waals surface area (Å²) < 4.78 is 2.28. The number of halogens is 1. The molecule has 2 aliphatic carbocycles. The first-order valence-corrected chi connectivity index (χ1v) is 11.3. The van der Waals surface area contributed by atoms with Gasteiger partial charge >= 0.3 is 0 Å². The Kier molecular flexibility index (Phi) is 6.68. The Morgan fingerprint density at radius 3 is 2.62 bits per heavy atom. The van der Waals surface area contributed by atoms with Gasteiger partial charge in [0.1, 0.15) is 11.6 Å². The summed E-state index contributed by atoms with van der Waals surface area (Å²) in [7, 11) is 1.92. The van der Waals surface area contributed by atoms with Crippen molar-refractivity contribution >= 4 is 29.9 Å². The first kappa shape index (κ1) is 21.3. The van der Waals surface area contributed by atoms with Crippen LogP contribution in [0.4, 0.5) is 0 Å². The molecule has 3 fully saturated rings. The molecule has 2 saturated carbocycles. The Balaban J connectivity index is 0.00000205. The summed E-state index contributed by atoms with van der Waals surface area (Å²) in [5.74, 6) is 5.92. The Bertz CT molecular complexity index is 725. The van der Waals surface area contributed by atoms with Crippen LogP contribution in [0.3, 0.4) is 0 Å². The minimum Gasteiger partial charge on any atom is -0.356 e. The lowest BCUT2D eigenvalue weighted by Gasteiger charge is -2.42. The zero-order chi connectivity index (χ0) is 19.1. The molecule has 1 aromatic rings. The molecule has 0 radical (unpaired) electrons. The molecule has 0 amide bonds. The molecule has 4 atom stereocenters. The van der Waals surface area contributed by atoms with Crippen molar-refractivity contribution in [3.05, 3.63) is 11.6 Å². The van der Waals surface area contributed by atoms with Gasteiger partial charge in [-0.05, 0) is 50.4 Å². The van der Waals surface area contributed by atoms with Gasteiger partial charge in [-0.2, -0.15) is 0 Å². The van der Waals surface area contributed by atoms with Gasteiger partial charge in [-0.1, -0.05) is 6.42 Å². The molecule has 162 valence electrons. The standard InChI is InChI=1S/C21H35N7.HI/c1-15-24-25-20-6-4-17(14-28(15)20)13-23-21(22-2)27-9-7-26(8-10-27)19-12-16-3-5-18(19)11-16;/h16-19H,3-14H2,1-2H3,(H,22,23);1H. The van der Waals surface area contributed by atoms with Gasteiger partial charge in [-0.15, -0.1) is 34.2 Å². The second-order valence-corrected chi connectivity index (χ2v) is 9.37. The third-order valence-electron chi connectivity index (χ3n) is 7.77. The number of hydrogen-bond donors (Lipinski definition) is 1. The van der Waals surface area contributed by atoms with E-state index in [1.165, 1.54) is 45.2 Å². The van der Waals surface area contributed by atoms with Gasteiger partial charge in [0.15, 0.2) is 5.96 Å². The summed E-state index contributed by atoms with van der Waals surface area (Å²) in [6.07, 6.45) is 8.16. The van der Waals surface area contributed by atoms with Crippen LogP contribution < -0.4 is 5.32 Å². The maximum Gasteiger partial charge on any atom is 0.193 e. The highest BCUT2D eigenvalue weighted by Gasteiger charge is 2.42. The van der Waals surface area contributed by atoms with E-state index in [2.05, 4.69) is 41.8 Å². The second-order valence-electron chi connectivity index (χ2n) is 9.37. The molecule has 1 aromatic heterocycles. The fraction of sp³-hybridized carbons (Fsp3) is 0.857. The number of nitrogens with zero attached hydrogens (tertiary/aromatic N) is 6. The lowest BCUT2D eigenvalue weighted by molar-refractivity contribution is 0.0957. The molecule has 1 N–H and O–H groups in total. The number of hydrogen-bond acceptors (Lipinski definition) is 4. The van der Waals surface area contributed by atoms with Crippen LogP contribution in [0.2, 0.25) is 0 Å². The zero-order valence-corrected chi connectivity index (χ0v) is 20.2. The number of guanidine groups is 1.